The zero-order chi connectivity index (χ0) is 15.7. The predicted molar refractivity (Wildman–Crippen MR) is 81.9 cm³/mol. The van der Waals surface area contributed by atoms with Crippen LogP contribution in [0.25, 0.3) is 0 Å². The minimum Gasteiger partial charge on any atom is -0.294 e. The van der Waals surface area contributed by atoms with Crippen LogP contribution < -0.4 is 0 Å². The SMILES string of the molecule is Cc1cncc(CN2CCc3nc(S(C)(=O)=O)ncc3C2)c1. The summed E-state index contributed by atoms with van der Waals surface area (Å²) in [7, 11) is -3.35. The van der Waals surface area contributed by atoms with Crippen molar-refractivity contribution < 1.29 is 8.42 Å². The monoisotopic (exact) mass is 318 g/mol. The van der Waals surface area contributed by atoms with Crippen LogP contribution in [0.3, 0.4) is 0 Å². The number of rotatable bonds is 3. The summed E-state index contributed by atoms with van der Waals surface area (Å²) in [6, 6.07) is 2.13. The number of aromatic nitrogens is 3. The molecule has 3 rings (SSSR count). The Labute approximate surface area is 130 Å². The van der Waals surface area contributed by atoms with Gasteiger partial charge in [-0.25, -0.2) is 18.4 Å². The molecule has 116 valence electrons. The van der Waals surface area contributed by atoms with E-state index in [1.807, 2.05) is 19.3 Å². The van der Waals surface area contributed by atoms with Crippen LogP contribution in [0.1, 0.15) is 22.4 Å². The third kappa shape index (κ3) is 3.31. The molecule has 3 heterocycles. The fourth-order valence-corrected chi connectivity index (χ4v) is 3.15. The van der Waals surface area contributed by atoms with E-state index in [2.05, 4.69) is 25.9 Å². The maximum absolute atomic E-state index is 11.5. The number of sulfone groups is 1. The van der Waals surface area contributed by atoms with Crippen molar-refractivity contribution in [3.8, 4) is 0 Å². The second kappa shape index (κ2) is 5.73. The first-order chi connectivity index (χ1) is 10.4. The van der Waals surface area contributed by atoms with Crippen LogP contribution in [0.2, 0.25) is 0 Å². The van der Waals surface area contributed by atoms with Crippen molar-refractivity contribution in [3.05, 3.63) is 47.0 Å². The fraction of sp³-hybridized carbons (Fsp3) is 0.400. The van der Waals surface area contributed by atoms with E-state index in [9.17, 15) is 8.42 Å². The van der Waals surface area contributed by atoms with Crippen molar-refractivity contribution in [1.82, 2.24) is 19.9 Å². The van der Waals surface area contributed by atoms with E-state index in [1.165, 1.54) is 5.56 Å². The summed E-state index contributed by atoms with van der Waals surface area (Å²) in [6.07, 6.45) is 7.23. The van der Waals surface area contributed by atoms with Gasteiger partial charge in [0, 0.05) is 56.5 Å². The molecule has 0 aliphatic carbocycles. The van der Waals surface area contributed by atoms with Crippen molar-refractivity contribution in [2.24, 2.45) is 0 Å². The Morgan fingerprint density at radius 3 is 2.82 bits per heavy atom. The molecule has 0 radical (unpaired) electrons. The first-order valence-corrected chi connectivity index (χ1v) is 8.99. The van der Waals surface area contributed by atoms with Gasteiger partial charge in [-0.1, -0.05) is 6.07 Å². The van der Waals surface area contributed by atoms with Crippen molar-refractivity contribution in [1.29, 1.82) is 0 Å². The second-order valence-electron chi connectivity index (χ2n) is 5.73. The smallest absolute Gasteiger partial charge is 0.246 e. The van der Waals surface area contributed by atoms with Gasteiger partial charge in [-0.3, -0.25) is 9.88 Å². The lowest BCUT2D eigenvalue weighted by Gasteiger charge is -2.27. The van der Waals surface area contributed by atoms with Gasteiger partial charge in [0.05, 0.1) is 5.69 Å². The van der Waals surface area contributed by atoms with E-state index in [0.29, 0.717) is 0 Å². The molecule has 0 aromatic carbocycles. The third-order valence-corrected chi connectivity index (χ3v) is 4.52. The number of hydrogen-bond acceptors (Lipinski definition) is 6. The first kappa shape index (κ1) is 15.1. The largest absolute Gasteiger partial charge is 0.294 e. The molecule has 0 fully saturated rings. The predicted octanol–water partition coefficient (Wildman–Crippen LogP) is 1.14. The molecule has 0 unspecified atom stereocenters. The average Bonchev–Trinajstić information content (AvgIpc) is 2.45. The lowest BCUT2D eigenvalue weighted by molar-refractivity contribution is 0.241. The van der Waals surface area contributed by atoms with Crippen molar-refractivity contribution >= 4 is 9.84 Å². The molecule has 0 saturated heterocycles. The Morgan fingerprint density at radius 2 is 2.09 bits per heavy atom. The molecule has 1 aliphatic heterocycles. The Bertz CT molecular complexity index is 805. The number of fused-ring (bicyclic) bond motifs is 1. The molecule has 0 bridgehead atoms. The molecule has 0 spiro atoms. The van der Waals surface area contributed by atoms with Gasteiger partial charge in [0.25, 0.3) is 0 Å². The maximum Gasteiger partial charge on any atom is 0.246 e. The number of pyridine rings is 1. The van der Waals surface area contributed by atoms with Gasteiger partial charge < -0.3 is 0 Å². The van der Waals surface area contributed by atoms with Gasteiger partial charge in [0.1, 0.15) is 0 Å². The van der Waals surface area contributed by atoms with E-state index in [0.717, 1.165) is 49.1 Å². The van der Waals surface area contributed by atoms with Gasteiger partial charge >= 0.3 is 0 Å². The highest BCUT2D eigenvalue weighted by atomic mass is 32.2. The van der Waals surface area contributed by atoms with E-state index in [4.69, 9.17) is 0 Å². The van der Waals surface area contributed by atoms with Gasteiger partial charge in [-0.15, -0.1) is 0 Å². The van der Waals surface area contributed by atoms with Crippen LogP contribution in [0.5, 0.6) is 0 Å². The van der Waals surface area contributed by atoms with E-state index >= 15 is 0 Å². The number of aryl methyl sites for hydroxylation is 1. The summed E-state index contributed by atoms with van der Waals surface area (Å²) in [4.78, 5) is 14.7. The Morgan fingerprint density at radius 1 is 1.27 bits per heavy atom. The Balaban J connectivity index is 1.77. The summed E-state index contributed by atoms with van der Waals surface area (Å²) < 4.78 is 23.0. The Hall–Kier alpha value is -1.86. The topological polar surface area (TPSA) is 76.1 Å². The minimum absolute atomic E-state index is 0.0809. The van der Waals surface area contributed by atoms with Crippen molar-refractivity contribution in [2.75, 3.05) is 12.8 Å². The fourth-order valence-electron chi connectivity index (χ4n) is 2.63. The van der Waals surface area contributed by atoms with Gasteiger partial charge in [-0.05, 0) is 18.1 Å². The molecule has 2 aromatic rings. The molecule has 7 heteroatoms. The number of nitrogens with zero attached hydrogens (tertiary/aromatic N) is 4. The summed E-state index contributed by atoms with van der Waals surface area (Å²) in [5.74, 6) is 0. The molecule has 2 aromatic heterocycles. The van der Waals surface area contributed by atoms with Crippen LogP contribution in [0.15, 0.2) is 29.8 Å². The van der Waals surface area contributed by atoms with E-state index < -0.39 is 9.84 Å². The molecular formula is C15H18N4O2S. The zero-order valence-electron chi connectivity index (χ0n) is 12.7. The number of hydrogen-bond donors (Lipinski definition) is 0. The standard InChI is InChI=1S/C15H18N4O2S/c1-11-5-12(7-16-6-11)9-19-4-3-14-13(10-19)8-17-15(18-14)22(2,20)21/h5-8H,3-4,9-10H2,1-2H3. The molecule has 22 heavy (non-hydrogen) atoms. The Kier molecular flexibility index (Phi) is 3.92. The van der Waals surface area contributed by atoms with Gasteiger partial charge in [0.15, 0.2) is 0 Å². The van der Waals surface area contributed by atoms with Crippen LogP contribution >= 0.6 is 0 Å². The summed E-state index contributed by atoms with van der Waals surface area (Å²) in [6.45, 7) is 4.43. The quantitative estimate of drug-likeness (QED) is 0.790. The van der Waals surface area contributed by atoms with Gasteiger partial charge in [0.2, 0.25) is 15.0 Å². The maximum atomic E-state index is 11.5. The molecule has 1 aliphatic rings. The van der Waals surface area contributed by atoms with E-state index in [1.54, 1.807) is 6.20 Å². The van der Waals surface area contributed by atoms with Crippen LogP contribution in [0, 0.1) is 6.92 Å². The molecule has 0 saturated carbocycles. The lowest BCUT2D eigenvalue weighted by atomic mass is 10.1. The lowest BCUT2D eigenvalue weighted by Crippen LogP contribution is -2.31. The van der Waals surface area contributed by atoms with E-state index in [-0.39, 0.29) is 5.16 Å². The molecular weight excluding hydrogens is 300 g/mol. The minimum atomic E-state index is -3.35. The summed E-state index contributed by atoms with van der Waals surface area (Å²) in [5, 5.41) is -0.0809. The molecule has 6 nitrogen and oxygen atoms in total. The highest BCUT2D eigenvalue weighted by molar-refractivity contribution is 7.90. The normalized spacial score (nSPS) is 15.5. The van der Waals surface area contributed by atoms with Crippen molar-refractivity contribution in [3.63, 3.8) is 0 Å². The second-order valence-corrected chi connectivity index (χ2v) is 7.64. The molecule has 0 atom stereocenters. The third-order valence-electron chi connectivity index (χ3n) is 3.66. The highest BCUT2D eigenvalue weighted by Gasteiger charge is 2.21. The zero-order valence-corrected chi connectivity index (χ0v) is 13.5. The van der Waals surface area contributed by atoms with Crippen LogP contribution in [-0.4, -0.2) is 41.1 Å². The van der Waals surface area contributed by atoms with Crippen LogP contribution in [0.4, 0.5) is 0 Å². The molecule has 0 amide bonds. The van der Waals surface area contributed by atoms with Crippen LogP contribution in [-0.2, 0) is 29.3 Å². The molecule has 0 N–H and O–H groups in total. The van der Waals surface area contributed by atoms with Crippen molar-refractivity contribution in [2.45, 2.75) is 31.6 Å². The first-order valence-electron chi connectivity index (χ1n) is 7.09. The average molecular weight is 318 g/mol. The highest BCUT2D eigenvalue weighted by Crippen LogP contribution is 2.19. The van der Waals surface area contributed by atoms with Gasteiger partial charge in [-0.2, -0.15) is 0 Å². The summed E-state index contributed by atoms with van der Waals surface area (Å²) >= 11 is 0. The summed E-state index contributed by atoms with van der Waals surface area (Å²) in [5.41, 5.74) is 4.17.